The molecule has 2 unspecified atom stereocenters. The Morgan fingerprint density at radius 2 is 2.47 bits per heavy atom. The van der Waals surface area contributed by atoms with Gasteiger partial charge in [0.1, 0.15) is 5.00 Å². The number of aromatic nitrogens is 1. The standard InChI is InChI=1S/C12H18N2O2S/c1-2-8-4-3-5-9(6-8)14-11-10(12(15)16)13-7-17-11/h7-9,14H,2-6H2,1H3,(H,15,16). The zero-order chi connectivity index (χ0) is 12.3. The SMILES string of the molecule is CCC1CCCC(Nc2scnc2C(=O)O)C1. The van der Waals surface area contributed by atoms with E-state index in [1.807, 2.05) is 0 Å². The molecule has 0 radical (unpaired) electrons. The molecule has 1 aliphatic carbocycles. The minimum atomic E-state index is -0.948. The van der Waals surface area contributed by atoms with Gasteiger partial charge in [-0.15, -0.1) is 11.3 Å². The predicted octanol–water partition coefficient (Wildman–Crippen LogP) is 3.22. The Balaban J connectivity index is 2.00. The molecule has 1 aromatic rings. The number of anilines is 1. The molecule has 0 aliphatic heterocycles. The lowest BCUT2D eigenvalue weighted by atomic mass is 9.84. The summed E-state index contributed by atoms with van der Waals surface area (Å²) in [4.78, 5) is 14.8. The minimum Gasteiger partial charge on any atom is -0.476 e. The van der Waals surface area contributed by atoms with Gasteiger partial charge in [-0.05, 0) is 18.8 Å². The number of thiazole rings is 1. The molecule has 5 heteroatoms. The van der Waals surface area contributed by atoms with Crippen LogP contribution >= 0.6 is 11.3 Å². The molecule has 1 aliphatic rings. The fourth-order valence-corrected chi connectivity index (χ4v) is 3.23. The highest BCUT2D eigenvalue weighted by Gasteiger charge is 2.23. The molecule has 0 bridgehead atoms. The maximum atomic E-state index is 10.9. The number of rotatable bonds is 4. The van der Waals surface area contributed by atoms with Crippen LogP contribution in [0.4, 0.5) is 5.00 Å². The Kier molecular flexibility index (Phi) is 3.99. The molecule has 0 spiro atoms. The quantitative estimate of drug-likeness (QED) is 0.866. The van der Waals surface area contributed by atoms with E-state index in [9.17, 15) is 4.79 Å². The van der Waals surface area contributed by atoms with E-state index in [0.29, 0.717) is 11.0 Å². The number of nitrogens with one attached hydrogen (secondary N) is 1. The molecule has 1 saturated carbocycles. The Hall–Kier alpha value is -1.10. The molecule has 1 fully saturated rings. The van der Waals surface area contributed by atoms with E-state index in [-0.39, 0.29) is 5.69 Å². The second-order valence-electron chi connectivity index (χ2n) is 4.62. The van der Waals surface area contributed by atoms with Crippen LogP contribution in [0.1, 0.15) is 49.5 Å². The summed E-state index contributed by atoms with van der Waals surface area (Å²) in [5.41, 5.74) is 1.75. The summed E-state index contributed by atoms with van der Waals surface area (Å²) in [6.07, 6.45) is 6.04. The molecule has 2 rings (SSSR count). The molecule has 1 heterocycles. The Morgan fingerprint density at radius 3 is 3.18 bits per heavy atom. The molecule has 17 heavy (non-hydrogen) atoms. The molecule has 94 valence electrons. The average Bonchev–Trinajstić information content (AvgIpc) is 2.77. The monoisotopic (exact) mass is 254 g/mol. The lowest BCUT2D eigenvalue weighted by Crippen LogP contribution is -2.27. The summed E-state index contributed by atoms with van der Waals surface area (Å²) in [6.45, 7) is 2.22. The molecular weight excluding hydrogens is 236 g/mol. The highest BCUT2D eigenvalue weighted by molar-refractivity contribution is 7.14. The van der Waals surface area contributed by atoms with Crippen molar-refractivity contribution in [1.82, 2.24) is 4.98 Å². The third-order valence-electron chi connectivity index (χ3n) is 3.47. The van der Waals surface area contributed by atoms with E-state index in [0.717, 1.165) is 18.8 Å². The van der Waals surface area contributed by atoms with Crippen molar-refractivity contribution in [1.29, 1.82) is 0 Å². The molecule has 1 aromatic heterocycles. The zero-order valence-corrected chi connectivity index (χ0v) is 10.8. The first-order valence-electron chi connectivity index (χ1n) is 6.14. The van der Waals surface area contributed by atoms with Crippen molar-refractivity contribution in [3.8, 4) is 0 Å². The van der Waals surface area contributed by atoms with Crippen LogP contribution in [-0.2, 0) is 0 Å². The number of nitrogens with zero attached hydrogens (tertiary/aromatic N) is 1. The van der Waals surface area contributed by atoms with Crippen LogP contribution in [0.5, 0.6) is 0 Å². The molecule has 2 atom stereocenters. The van der Waals surface area contributed by atoms with Gasteiger partial charge in [-0.1, -0.05) is 26.2 Å². The number of aromatic carboxylic acids is 1. The largest absolute Gasteiger partial charge is 0.476 e. The maximum Gasteiger partial charge on any atom is 0.357 e. The maximum absolute atomic E-state index is 10.9. The molecule has 4 nitrogen and oxygen atoms in total. The lowest BCUT2D eigenvalue weighted by molar-refractivity contribution is 0.0692. The second kappa shape index (κ2) is 5.49. The number of carbonyl (C=O) groups is 1. The summed E-state index contributed by atoms with van der Waals surface area (Å²) in [5.74, 6) is -0.168. The highest BCUT2D eigenvalue weighted by atomic mass is 32.1. The van der Waals surface area contributed by atoms with Gasteiger partial charge in [0, 0.05) is 6.04 Å². The third kappa shape index (κ3) is 2.97. The Bertz CT molecular complexity index is 392. The van der Waals surface area contributed by atoms with Crippen molar-refractivity contribution in [2.75, 3.05) is 5.32 Å². The van der Waals surface area contributed by atoms with Crippen LogP contribution in [0.3, 0.4) is 0 Å². The van der Waals surface area contributed by atoms with Gasteiger partial charge in [0.05, 0.1) is 5.51 Å². The molecular formula is C12H18N2O2S. The topological polar surface area (TPSA) is 62.2 Å². The normalized spacial score (nSPS) is 24.5. The summed E-state index contributed by atoms with van der Waals surface area (Å²) in [7, 11) is 0. The molecule has 0 aromatic carbocycles. The predicted molar refractivity (Wildman–Crippen MR) is 68.7 cm³/mol. The van der Waals surface area contributed by atoms with Crippen molar-refractivity contribution < 1.29 is 9.90 Å². The fraction of sp³-hybridized carbons (Fsp3) is 0.667. The first-order valence-corrected chi connectivity index (χ1v) is 7.02. The van der Waals surface area contributed by atoms with E-state index in [1.54, 1.807) is 5.51 Å². The molecule has 2 N–H and O–H groups in total. The van der Waals surface area contributed by atoms with Gasteiger partial charge in [0.15, 0.2) is 5.69 Å². The second-order valence-corrected chi connectivity index (χ2v) is 5.47. The first-order chi connectivity index (χ1) is 8.20. The summed E-state index contributed by atoms with van der Waals surface area (Å²) >= 11 is 1.38. The number of carboxylic acids is 1. The van der Waals surface area contributed by atoms with Gasteiger partial charge in [-0.2, -0.15) is 0 Å². The van der Waals surface area contributed by atoms with Crippen LogP contribution in [0.25, 0.3) is 0 Å². The minimum absolute atomic E-state index is 0.161. The Labute approximate surface area is 105 Å². The van der Waals surface area contributed by atoms with Gasteiger partial charge in [0.25, 0.3) is 0 Å². The van der Waals surface area contributed by atoms with Crippen molar-refractivity contribution in [2.45, 2.75) is 45.1 Å². The van der Waals surface area contributed by atoms with Crippen LogP contribution in [0.2, 0.25) is 0 Å². The van der Waals surface area contributed by atoms with Crippen LogP contribution in [0, 0.1) is 5.92 Å². The van der Waals surface area contributed by atoms with Crippen molar-refractivity contribution in [2.24, 2.45) is 5.92 Å². The molecule has 0 amide bonds. The van der Waals surface area contributed by atoms with E-state index >= 15 is 0 Å². The van der Waals surface area contributed by atoms with Gasteiger partial charge >= 0.3 is 5.97 Å². The van der Waals surface area contributed by atoms with Crippen molar-refractivity contribution >= 4 is 22.3 Å². The van der Waals surface area contributed by atoms with Crippen LogP contribution in [-0.4, -0.2) is 22.1 Å². The fourth-order valence-electron chi connectivity index (χ4n) is 2.48. The summed E-state index contributed by atoms with van der Waals surface area (Å²) in [5, 5.41) is 13.0. The van der Waals surface area contributed by atoms with E-state index in [4.69, 9.17) is 5.11 Å². The summed E-state index contributed by atoms with van der Waals surface area (Å²) < 4.78 is 0. The van der Waals surface area contributed by atoms with Gasteiger partial charge in [-0.3, -0.25) is 0 Å². The first kappa shape index (κ1) is 12.4. The average molecular weight is 254 g/mol. The number of carboxylic acid groups (broad SMARTS) is 1. The van der Waals surface area contributed by atoms with Gasteiger partial charge in [0.2, 0.25) is 0 Å². The van der Waals surface area contributed by atoms with Crippen molar-refractivity contribution in [3.05, 3.63) is 11.2 Å². The third-order valence-corrected chi connectivity index (χ3v) is 4.22. The van der Waals surface area contributed by atoms with Gasteiger partial charge in [-0.25, -0.2) is 9.78 Å². The van der Waals surface area contributed by atoms with E-state index < -0.39 is 5.97 Å². The van der Waals surface area contributed by atoms with Crippen LogP contribution in [0.15, 0.2) is 5.51 Å². The number of hydrogen-bond donors (Lipinski definition) is 2. The highest BCUT2D eigenvalue weighted by Crippen LogP contribution is 2.30. The smallest absolute Gasteiger partial charge is 0.357 e. The molecule has 0 saturated heterocycles. The number of hydrogen-bond acceptors (Lipinski definition) is 4. The lowest BCUT2D eigenvalue weighted by Gasteiger charge is -2.29. The summed E-state index contributed by atoms with van der Waals surface area (Å²) in [6, 6.07) is 0.409. The van der Waals surface area contributed by atoms with E-state index in [2.05, 4.69) is 17.2 Å². The zero-order valence-electron chi connectivity index (χ0n) is 9.98. The Morgan fingerprint density at radius 1 is 1.65 bits per heavy atom. The van der Waals surface area contributed by atoms with Crippen molar-refractivity contribution in [3.63, 3.8) is 0 Å². The van der Waals surface area contributed by atoms with Crippen LogP contribution < -0.4 is 5.32 Å². The van der Waals surface area contributed by atoms with E-state index in [1.165, 1.54) is 30.6 Å². The van der Waals surface area contributed by atoms with Gasteiger partial charge < -0.3 is 10.4 Å².